The Kier molecular flexibility index (Phi) is 6.11. The molecule has 66 valence electrons. The fraction of sp³-hybridized carbons (Fsp3) is 0.700. The van der Waals surface area contributed by atoms with Gasteiger partial charge in [-0.2, -0.15) is 11.7 Å². The molecule has 0 amide bonds. The first-order valence-electron chi connectivity index (χ1n) is 4.27. The molecule has 2 heteroatoms. The van der Waals surface area contributed by atoms with E-state index in [1.54, 1.807) is 0 Å². The van der Waals surface area contributed by atoms with Crippen LogP contribution in [0.2, 0.25) is 0 Å². The van der Waals surface area contributed by atoms with Gasteiger partial charge in [0.25, 0.3) is 0 Å². The highest BCUT2D eigenvalue weighted by Crippen LogP contribution is 2.15. The predicted molar refractivity (Wildman–Crippen MR) is 49.0 cm³/mol. The SMILES string of the molecule is [C-]#[N+][C@@H](CCC#N)CC(C)C[CH2-]. The van der Waals surface area contributed by atoms with Gasteiger partial charge in [-0.3, -0.25) is 0 Å². The molecule has 0 radical (unpaired) electrons. The molecule has 0 rings (SSSR count). The summed E-state index contributed by atoms with van der Waals surface area (Å²) < 4.78 is 0. The first kappa shape index (κ1) is 11.0. The highest BCUT2D eigenvalue weighted by molar-refractivity contribution is 4.84. The van der Waals surface area contributed by atoms with Gasteiger partial charge in [-0.25, -0.2) is 6.57 Å². The minimum absolute atomic E-state index is 0.0291. The van der Waals surface area contributed by atoms with E-state index in [1.165, 1.54) is 0 Å². The largest absolute Gasteiger partial charge is 0.343 e. The van der Waals surface area contributed by atoms with Crippen molar-refractivity contribution in [3.05, 3.63) is 18.3 Å². The van der Waals surface area contributed by atoms with Gasteiger partial charge < -0.3 is 11.8 Å². The number of hydrogen-bond acceptors (Lipinski definition) is 1. The van der Waals surface area contributed by atoms with E-state index in [9.17, 15) is 0 Å². The van der Waals surface area contributed by atoms with Crippen LogP contribution in [-0.2, 0) is 0 Å². The topological polar surface area (TPSA) is 28.1 Å². The summed E-state index contributed by atoms with van der Waals surface area (Å²) in [5.74, 6) is 0.503. The first-order chi connectivity index (χ1) is 5.74. The van der Waals surface area contributed by atoms with E-state index in [-0.39, 0.29) is 6.04 Å². The third kappa shape index (κ3) is 4.74. The molecule has 0 N–H and O–H groups in total. The van der Waals surface area contributed by atoms with E-state index in [2.05, 4.69) is 24.8 Å². The van der Waals surface area contributed by atoms with Gasteiger partial charge in [0.15, 0.2) is 0 Å². The second-order valence-corrected chi connectivity index (χ2v) is 3.11. The molecule has 2 atom stereocenters. The summed E-state index contributed by atoms with van der Waals surface area (Å²) >= 11 is 0. The van der Waals surface area contributed by atoms with Crippen molar-refractivity contribution in [2.45, 2.75) is 38.6 Å². The van der Waals surface area contributed by atoms with Gasteiger partial charge in [0.1, 0.15) is 0 Å². The van der Waals surface area contributed by atoms with Crippen LogP contribution in [0.25, 0.3) is 4.85 Å². The Morgan fingerprint density at radius 1 is 1.67 bits per heavy atom. The van der Waals surface area contributed by atoms with Gasteiger partial charge >= 0.3 is 0 Å². The Labute approximate surface area is 75.0 Å². The van der Waals surface area contributed by atoms with Crippen molar-refractivity contribution >= 4 is 0 Å². The summed E-state index contributed by atoms with van der Waals surface area (Å²) in [6.45, 7) is 12.8. The van der Waals surface area contributed by atoms with E-state index < -0.39 is 0 Å². The monoisotopic (exact) mass is 163 g/mol. The zero-order valence-corrected chi connectivity index (χ0v) is 7.58. The van der Waals surface area contributed by atoms with Gasteiger partial charge in [0, 0.05) is 19.3 Å². The van der Waals surface area contributed by atoms with E-state index in [0.717, 1.165) is 12.8 Å². The van der Waals surface area contributed by atoms with Crippen molar-refractivity contribution in [1.82, 2.24) is 0 Å². The summed E-state index contributed by atoms with van der Waals surface area (Å²) in [6, 6.07) is 2.09. The van der Waals surface area contributed by atoms with Crippen LogP contribution in [0, 0.1) is 30.7 Å². The molecule has 2 nitrogen and oxygen atoms in total. The normalized spacial score (nSPS) is 14.3. The van der Waals surface area contributed by atoms with Gasteiger partial charge in [-0.1, -0.05) is 12.8 Å². The maximum atomic E-state index is 8.34. The van der Waals surface area contributed by atoms with Crippen molar-refractivity contribution in [2.75, 3.05) is 0 Å². The molecule has 0 fully saturated rings. The number of nitriles is 1. The van der Waals surface area contributed by atoms with Crippen LogP contribution < -0.4 is 0 Å². The lowest BCUT2D eigenvalue weighted by Gasteiger charge is -2.11. The summed E-state index contributed by atoms with van der Waals surface area (Å²) in [7, 11) is 0. The first-order valence-corrected chi connectivity index (χ1v) is 4.27. The highest BCUT2D eigenvalue weighted by Gasteiger charge is 2.13. The average molecular weight is 163 g/mol. The molecule has 0 aromatic rings. The molecule has 0 aliphatic heterocycles. The van der Waals surface area contributed by atoms with Gasteiger partial charge in [-0.05, 0) is 0 Å². The van der Waals surface area contributed by atoms with E-state index >= 15 is 0 Å². The third-order valence-electron chi connectivity index (χ3n) is 1.94. The standard InChI is InChI=1S/C10H15N2/c1-4-9(2)8-10(12-3)6-5-7-11/h9-10H,1,4-6,8H2,2H3/q-1/t9?,10-/m0/s1. The van der Waals surface area contributed by atoms with E-state index in [4.69, 9.17) is 11.8 Å². The highest BCUT2D eigenvalue weighted by atomic mass is 14.7. The summed E-state index contributed by atoms with van der Waals surface area (Å²) in [4.78, 5) is 3.48. The average Bonchev–Trinajstić information content (AvgIpc) is 2.11. The van der Waals surface area contributed by atoms with Crippen LogP contribution in [0.15, 0.2) is 0 Å². The molecular weight excluding hydrogens is 148 g/mol. The predicted octanol–water partition coefficient (Wildman–Crippen LogP) is 2.83. The van der Waals surface area contributed by atoms with Crippen LogP contribution >= 0.6 is 0 Å². The molecule has 1 unspecified atom stereocenters. The zero-order valence-electron chi connectivity index (χ0n) is 7.58. The fourth-order valence-electron chi connectivity index (χ4n) is 1.05. The lowest BCUT2D eigenvalue weighted by molar-refractivity contribution is 0.485. The van der Waals surface area contributed by atoms with Crippen molar-refractivity contribution in [3.8, 4) is 6.07 Å². The number of rotatable bonds is 5. The maximum Gasteiger partial charge on any atom is 0.224 e. The number of nitrogens with zero attached hydrogens (tertiary/aromatic N) is 2. The summed E-state index contributed by atoms with van der Waals surface area (Å²) in [5.41, 5.74) is 0. The van der Waals surface area contributed by atoms with Crippen LogP contribution in [0.1, 0.15) is 32.6 Å². The second kappa shape index (κ2) is 6.68. The summed E-state index contributed by atoms with van der Waals surface area (Å²) in [6.07, 6.45) is 2.97. The quantitative estimate of drug-likeness (QED) is 0.573. The van der Waals surface area contributed by atoms with Crippen molar-refractivity contribution < 1.29 is 0 Å². The van der Waals surface area contributed by atoms with Crippen LogP contribution in [0.4, 0.5) is 0 Å². The molecule has 0 bridgehead atoms. The Bertz CT molecular complexity index is 185. The Balaban J connectivity index is 3.70. The van der Waals surface area contributed by atoms with Crippen molar-refractivity contribution in [2.24, 2.45) is 5.92 Å². The Morgan fingerprint density at radius 2 is 2.33 bits per heavy atom. The second-order valence-electron chi connectivity index (χ2n) is 3.11. The number of hydrogen-bond donors (Lipinski definition) is 0. The van der Waals surface area contributed by atoms with Crippen molar-refractivity contribution in [3.63, 3.8) is 0 Å². The minimum Gasteiger partial charge on any atom is -0.343 e. The van der Waals surface area contributed by atoms with Crippen LogP contribution in [0.3, 0.4) is 0 Å². The maximum absolute atomic E-state index is 8.34. The molecule has 0 saturated heterocycles. The third-order valence-corrected chi connectivity index (χ3v) is 1.94. The molecule has 0 aliphatic carbocycles. The van der Waals surface area contributed by atoms with Gasteiger partial charge in [0.05, 0.1) is 6.07 Å². The Morgan fingerprint density at radius 3 is 2.75 bits per heavy atom. The minimum atomic E-state index is 0.0291. The smallest absolute Gasteiger partial charge is 0.224 e. The Hall–Kier alpha value is -1.02. The molecule has 12 heavy (non-hydrogen) atoms. The molecule has 0 saturated carbocycles. The molecule has 0 heterocycles. The molecule has 0 aromatic carbocycles. The van der Waals surface area contributed by atoms with E-state index in [1.807, 2.05) is 0 Å². The lowest BCUT2D eigenvalue weighted by Crippen LogP contribution is -2.07. The molecule has 0 aliphatic rings. The zero-order chi connectivity index (χ0) is 9.40. The van der Waals surface area contributed by atoms with E-state index in [0.29, 0.717) is 18.8 Å². The fourth-order valence-corrected chi connectivity index (χ4v) is 1.05. The molecular formula is C10H15N2-. The van der Waals surface area contributed by atoms with Gasteiger partial charge in [0.2, 0.25) is 6.04 Å². The molecule has 0 spiro atoms. The summed E-state index contributed by atoms with van der Waals surface area (Å²) in [5, 5.41) is 8.34. The van der Waals surface area contributed by atoms with Gasteiger partial charge in [-0.15, -0.1) is 0 Å². The van der Waals surface area contributed by atoms with Crippen molar-refractivity contribution in [1.29, 1.82) is 5.26 Å². The van der Waals surface area contributed by atoms with Crippen LogP contribution in [0.5, 0.6) is 0 Å². The van der Waals surface area contributed by atoms with Crippen LogP contribution in [-0.4, -0.2) is 6.04 Å². The molecule has 0 aromatic heterocycles. The lowest BCUT2D eigenvalue weighted by atomic mass is 9.97.